The molecule has 0 fully saturated rings. The third-order valence-corrected chi connectivity index (χ3v) is 25.2. The summed E-state index contributed by atoms with van der Waals surface area (Å²) in [5, 5.41) is 0. The van der Waals surface area contributed by atoms with Crippen molar-refractivity contribution in [1.82, 2.24) is 4.98 Å². The van der Waals surface area contributed by atoms with Crippen LogP contribution < -0.4 is 44.3 Å². The first kappa shape index (κ1) is 30.6. The zero-order chi connectivity index (χ0) is 35.3. The molecule has 5 nitrogen and oxygen atoms in total. The first-order chi connectivity index (χ1) is 26.8. The Morgan fingerprint density at radius 2 is 0.833 bits per heavy atom. The van der Waals surface area contributed by atoms with Crippen LogP contribution in [-0.2, 0) is 0 Å². The molecule has 0 saturated carbocycles. The Morgan fingerprint density at radius 3 is 1.44 bits per heavy atom. The molecule has 8 aromatic rings. The fraction of sp³-hybridized carbons (Fsp3) is 0. The average Bonchev–Trinajstić information content (AvgIpc) is 3.24. The van der Waals surface area contributed by atoms with Crippen LogP contribution in [0.25, 0.3) is 0 Å². The predicted octanol–water partition coefficient (Wildman–Crippen LogP) is 7.57. The molecule has 12 rings (SSSR count). The summed E-state index contributed by atoms with van der Waals surface area (Å²) >= 11 is -5.59. The Bertz CT molecular complexity index is 2800. The summed E-state index contributed by atoms with van der Waals surface area (Å²) < 4.78 is 15.3. The van der Waals surface area contributed by atoms with Gasteiger partial charge in [0.1, 0.15) is 0 Å². The van der Waals surface area contributed by atoms with Crippen molar-refractivity contribution in [2.24, 2.45) is 0 Å². The second-order valence-electron chi connectivity index (χ2n) is 14.3. The Morgan fingerprint density at radius 1 is 0.370 bits per heavy atom. The molecule has 0 saturated heterocycles. The molecular weight excluding hydrogens is 776 g/mol. The Labute approximate surface area is 324 Å². The van der Waals surface area contributed by atoms with Crippen molar-refractivity contribution in [2.45, 2.75) is 0 Å². The topological polar surface area (TPSA) is 31.8 Å². The molecule has 7 aromatic carbocycles. The third kappa shape index (κ3) is 4.29. The molecule has 7 heteroatoms. The zero-order valence-electron chi connectivity index (χ0n) is 29.2. The van der Waals surface area contributed by atoms with Crippen molar-refractivity contribution in [2.75, 3.05) is 14.7 Å². The van der Waals surface area contributed by atoms with E-state index in [9.17, 15) is 0 Å². The van der Waals surface area contributed by atoms with Gasteiger partial charge in [-0.15, -0.1) is 0 Å². The Hall–Kier alpha value is -5.84. The fourth-order valence-corrected chi connectivity index (χ4v) is 23.9. The summed E-state index contributed by atoms with van der Waals surface area (Å²) in [6.45, 7) is 0. The van der Waals surface area contributed by atoms with E-state index >= 15 is 0 Å². The Kier molecular flexibility index (Phi) is 6.71. The number of fused-ring (bicyclic) bond motifs is 8. The van der Waals surface area contributed by atoms with E-state index in [0.717, 1.165) is 32.9 Å². The maximum absolute atomic E-state index is 7.10. The van der Waals surface area contributed by atoms with Crippen molar-refractivity contribution in [3.63, 3.8) is 0 Å². The van der Waals surface area contributed by atoms with E-state index in [1.807, 2.05) is 0 Å². The van der Waals surface area contributed by atoms with Crippen LogP contribution in [0.4, 0.5) is 51.3 Å². The van der Waals surface area contributed by atoms with Gasteiger partial charge in [-0.3, -0.25) is 0 Å². The van der Waals surface area contributed by atoms with Gasteiger partial charge < -0.3 is 0 Å². The van der Waals surface area contributed by atoms with Gasteiger partial charge in [0.25, 0.3) is 0 Å². The van der Waals surface area contributed by atoms with E-state index in [0.29, 0.717) is 0 Å². The molecule has 0 atom stereocenters. The third-order valence-electron chi connectivity index (χ3n) is 11.5. The van der Waals surface area contributed by atoms with Gasteiger partial charge >= 0.3 is 327 Å². The van der Waals surface area contributed by atoms with Crippen molar-refractivity contribution in [1.29, 1.82) is 0 Å². The molecule has 250 valence electrons. The quantitative estimate of drug-likeness (QED) is 0.172. The van der Waals surface area contributed by atoms with Crippen LogP contribution in [0.5, 0.6) is 11.5 Å². The second-order valence-corrected chi connectivity index (χ2v) is 25.4. The molecule has 0 unspecified atom stereocenters. The molecular formula is C47H30Ga2N4O. The van der Waals surface area contributed by atoms with Gasteiger partial charge in [0.15, 0.2) is 0 Å². The van der Waals surface area contributed by atoms with Crippen molar-refractivity contribution < 1.29 is 4.74 Å². The molecule has 0 amide bonds. The van der Waals surface area contributed by atoms with Crippen LogP contribution in [0.1, 0.15) is 0 Å². The summed E-state index contributed by atoms with van der Waals surface area (Å²) in [5.74, 6) is 2.98. The molecule has 1 aromatic heterocycles. The van der Waals surface area contributed by atoms with Gasteiger partial charge in [-0.1, -0.05) is 0 Å². The monoisotopic (exact) mass is 804 g/mol. The number of aromatic nitrogens is 1. The van der Waals surface area contributed by atoms with Crippen molar-refractivity contribution in [3.8, 4) is 11.5 Å². The zero-order valence-corrected chi connectivity index (χ0v) is 34.0. The molecule has 0 radical (unpaired) electrons. The van der Waals surface area contributed by atoms with Gasteiger partial charge in [-0.05, 0) is 0 Å². The molecule has 0 N–H and O–H groups in total. The summed E-state index contributed by atoms with van der Waals surface area (Å²) in [7, 11) is 0. The van der Waals surface area contributed by atoms with Gasteiger partial charge in [-0.2, -0.15) is 0 Å². The number of hydrogen-bond acceptors (Lipinski definition) is 5. The first-order valence-electron chi connectivity index (χ1n) is 18.6. The van der Waals surface area contributed by atoms with Crippen LogP contribution in [0.15, 0.2) is 182 Å². The van der Waals surface area contributed by atoms with E-state index in [2.05, 4.69) is 197 Å². The number of hydrogen-bond donors (Lipinski definition) is 0. The second kappa shape index (κ2) is 11.8. The summed E-state index contributed by atoms with van der Waals surface area (Å²) in [6, 6.07) is 66.4. The van der Waals surface area contributed by atoms with Crippen LogP contribution in [0.3, 0.4) is 0 Å². The maximum atomic E-state index is 7.10. The van der Waals surface area contributed by atoms with Gasteiger partial charge in [-0.25, -0.2) is 0 Å². The molecule has 54 heavy (non-hydrogen) atoms. The van der Waals surface area contributed by atoms with Crippen LogP contribution in [0, 0.1) is 0 Å². The normalized spacial score (nSPS) is 13.9. The Balaban J connectivity index is 1.13. The predicted molar refractivity (Wildman–Crippen MR) is 224 cm³/mol. The fourth-order valence-electron chi connectivity index (χ4n) is 9.36. The van der Waals surface area contributed by atoms with Crippen molar-refractivity contribution >= 4 is 109 Å². The molecule has 5 heterocycles. The van der Waals surface area contributed by atoms with Crippen LogP contribution in [0.2, 0.25) is 0 Å². The van der Waals surface area contributed by atoms with E-state index in [-0.39, 0.29) is 0 Å². The summed E-state index contributed by atoms with van der Waals surface area (Å²) in [4.78, 5) is 13.3. The number of nitrogens with zero attached hydrogens (tertiary/aromatic N) is 4. The summed E-state index contributed by atoms with van der Waals surface area (Å²) in [6.07, 6.45) is 0. The number of anilines is 9. The van der Waals surface area contributed by atoms with Crippen molar-refractivity contribution in [3.05, 3.63) is 182 Å². The number of ether oxygens (including phenoxy) is 1. The molecule has 4 aliphatic heterocycles. The number of para-hydroxylation sites is 5. The summed E-state index contributed by atoms with van der Waals surface area (Å²) in [5.41, 5.74) is 9.68. The average molecular weight is 806 g/mol. The SMILES string of the molecule is c1ccc(N2c3cccc[c]3[Ga]3[c]4nc5[c](cc4Oc4cccc2[c]43)[Ga]2[c]3ccccc3N(c3ccccc3)c3cccc([c]32)N5c2ccccc2)cc1. The van der Waals surface area contributed by atoms with Crippen LogP contribution >= 0.6 is 0 Å². The van der Waals surface area contributed by atoms with E-state index in [4.69, 9.17) is 9.72 Å². The molecule has 0 bridgehead atoms. The minimum absolute atomic E-state index is 0.939. The molecule has 0 aliphatic carbocycles. The van der Waals surface area contributed by atoms with Gasteiger partial charge in [0, 0.05) is 0 Å². The standard InChI is InChI=1S/C47H30N4O.2Ga/c1-6-18-37(19-7-1)49(38-20-8-2-9-21-38)42-28-16-29-43(34-42)51(41-26-14-5-15-27-41)47-33-32-46(36-48-47)52-45-31-17-30-44(35-45)50(39-22-10-3-11-23-39)40-24-12-4-13-25-40;;/h1-20,22-24,26-32H;;. The number of rotatable bonds is 3. The van der Waals surface area contributed by atoms with E-state index < -0.39 is 32.4 Å². The van der Waals surface area contributed by atoms with Gasteiger partial charge in [0.2, 0.25) is 0 Å². The minimum atomic E-state index is -2.81. The van der Waals surface area contributed by atoms with Crippen LogP contribution in [-0.4, -0.2) is 37.4 Å². The number of pyridine rings is 1. The number of benzene rings is 7. The first-order valence-corrected chi connectivity index (χ1v) is 25.8. The molecule has 4 aliphatic rings. The van der Waals surface area contributed by atoms with Gasteiger partial charge in [0.05, 0.1) is 0 Å². The van der Waals surface area contributed by atoms with E-state index in [1.54, 1.807) is 0 Å². The van der Waals surface area contributed by atoms with E-state index in [1.165, 1.54) is 54.7 Å². The molecule has 0 spiro atoms.